The molecule has 33 heavy (non-hydrogen) atoms. The lowest BCUT2D eigenvalue weighted by Crippen LogP contribution is -2.47. The zero-order valence-corrected chi connectivity index (χ0v) is 19.4. The first kappa shape index (κ1) is 24.1. The van der Waals surface area contributed by atoms with E-state index in [1.165, 1.54) is 18.6 Å². The smallest absolute Gasteiger partial charge is 0.369 e. The van der Waals surface area contributed by atoms with E-state index in [0.29, 0.717) is 17.6 Å². The van der Waals surface area contributed by atoms with Crippen LogP contribution in [-0.2, 0) is 11.0 Å². The summed E-state index contributed by atoms with van der Waals surface area (Å²) in [5.41, 5.74) is 1.06. The van der Waals surface area contributed by atoms with Crippen LogP contribution in [0, 0.1) is 5.92 Å². The lowest BCUT2D eigenvalue weighted by molar-refractivity contribution is -0.137. The molecule has 0 aromatic heterocycles. The van der Waals surface area contributed by atoms with Crippen molar-refractivity contribution in [3.63, 3.8) is 0 Å². The number of amides is 1. The van der Waals surface area contributed by atoms with E-state index in [-0.39, 0.29) is 5.91 Å². The predicted octanol–water partition coefficient (Wildman–Crippen LogP) is 5.39. The van der Waals surface area contributed by atoms with E-state index in [9.17, 15) is 18.0 Å². The Kier molecular flexibility index (Phi) is 7.99. The third-order valence-electron chi connectivity index (χ3n) is 7.53. The molecule has 0 bridgehead atoms. The van der Waals surface area contributed by atoms with E-state index < -0.39 is 11.7 Å². The van der Waals surface area contributed by atoms with Gasteiger partial charge in [-0.3, -0.25) is 9.69 Å². The molecule has 1 aromatic rings. The molecule has 182 valence electrons. The van der Waals surface area contributed by atoms with Crippen molar-refractivity contribution in [3.8, 4) is 0 Å². The Hall–Kier alpha value is -2.02. The van der Waals surface area contributed by atoms with Gasteiger partial charge < -0.3 is 10.2 Å². The second kappa shape index (κ2) is 10.9. The number of rotatable bonds is 6. The van der Waals surface area contributed by atoms with Gasteiger partial charge >= 0.3 is 6.18 Å². The highest BCUT2D eigenvalue weighted by Crippen LogP contribution is 2.32. The van der Waals surface area contributed by atoms with Gasteiger partial charge in [-0.05, 0) is 88.4 Å². The molecule has 3 aliphatic rings. The van der Waals surface area contributed by atoms with Gasteiger partial charge in [0.2, 0.25) is 5.91 Å². The molecule has 1 aromatic carbocycles. The maximum Gasteiger partial charge on any atom is 0.416 e. The normalized spacial score (nSPS) is 24.9. The van der Waals surface area contributed by atoms with Crippen LogP contribution in [0.1, 0.15) is 63.4 Å². The fourth-order valence-electron chi connectivity index (χ4n) is 5.39. The Labute approximate surface area is 195 Å². The maximum absolute atomic E-state index is 13.0. The monoisotopic (exact) mass is 463 g/mol. The van der Waals surface area contributed by atoms with Crippen molar-refractivity contribution in [3.05, 3.63) is 41.5 Å². The number of carbonyl (C=O) groups is 1. The SMILES string of the molecule is O=C(NC1CCC(CCN2CCN(c3cccc(C(F)(F)F)c3)CC2)CC1)C1=CCCCC1. The summed E-state index contributed by atoms with van der Waals surface area (Å²) in [5, 5.41) is 3.25. The van der Waals surface area contributed by atoms with Gasteiger partial charge in [0.15, 0.2) is 0 Å². The van der Waals surface area contributed by atoms with Crippen LogP contribution in [0.3, 0.4) is 0 Å². The van der Waals surface area contributed by atoms with Crippen LogP contribution in [0.2, 0.25) is 0 Å². The number of allylic oxidation sites excluding steroid dienone is 1. The van der Waals surface area contributed by atoms with Crippen molar-refractivity contribution in [1.29, 1.82) is 0 Å². The molecule has 1 saturated carbocycles. The van der Waals surface area contributed by atoms with Gasteiger partial charge in [-0.25, -0.2) is 0 Å². The number of hydrogen-bond acceptors (Lipinski definition) is 3. The molecular weight excluding hydrogens is 427 g/mol. The number of nitrogens with zero attached hydrogens (tertiary/aromatic N) is 2. The molecule has 1 saturated heterocycles. The van der Waals surface area contributed by atoms with Crippen LogP contribution < -0.4 is 10.2 Å². The van der Waals surface area contributed by atoms with E-state index in [4.69, 9.17) is 0 Å². The highest BCUT2D eigenvalue weighted by atomic mass is 19.4. The number of anilines is 1. The summed E-state index contributed by atoms with van der Waals surface area (Å²) >= 11 is 0. The van der Waals surface area contributed by atoms with E-state index in [1.54, 1.807) is 6.07 Å². The Balaban J connectivity index is 1.15. The standard InChI is InChI=1S/C26H36F3N3O/c27-26(28,29)22-7-4-8-24(19-22)32-17-15-31(16-18-32)14-13-20-9-11-23(12-10-20)30-25(33)21-5-2-1-3-6-21/h4-5,7-8,19-20,23H,1-3,6,9-18H2,(H,30,33). The van der Waals surface area contributed by atoms with Crippen molar-refractivity contribution >= 4 is 11.6 Å². The number of benzene rings is 1. The summed E-state index contributed by atoms with van der Waals surface area (Å²) in [7, 11) is 0. The predicted molar refractivity (Wildman–Crippen MR) is 125 cm³/mol. The number of alkyl halides is 3. The van der Waals surface area contributed by atoms with Crippen LogP contribution in [0.4, 0.5) is 18.9 Å². The molecule has 0 unspecified atom stereocenters. The Morgan fingerprint density at radius 2 is 1.79 bits per heavy atom. The van der Waals surface area contributed by atoms with Gasteiger partial charge in [0.05, 0.1) is 5.56 Å². The van der Waals surface area contributed by atoms with E-state index in [1.807, 2.05) is 0 Å². The van der Waals surface area contributed by atoms with Gasteiger partial charge in [-0.2, -0.15) is 13.2 Å². The minimum absolute atomic E-state index is 0.150. The van der Waals surface area contributed by atoms with E-state index in [0.717, 1.165) is 95.7 Å². The first-order valence-electron chi connectivity index (χ1n) is 12.5. The third-order valence-corrected chi connectivity index (χ3v) is 7.53. The first-order chi connectivity index (χ1) is 15.9. The highest BCUT2D eigenvalue weighted by molar-refractivity contribution is 5.93. The number of piperazine rings is 1. The topological polar surface area (TPSA) is 35.6 Å². The number of halogens is 3. The first-order valence-corrected chi connectivity index (χ1v) is 12.5. The average molecular weight is 464 g/mol. The lowest BCUT2D eigenvalue weighted by atomic mass is 9.83. The van der Waals surface area contributed by atoms with Crippen molar-refractivity contribution in [2.45, 2.75) is 70.0 Å². The molecule has 1 heterocycles. The van der Waals surface area contributed by atoms with Crippen LogP contribution in [0.5, 0.6) is 0 Å². The molecular formula is C26H36F3N3O. The summed E-state index contributed by atoms with van der Waals surface area (Å²) in [6, 6.07) is 5.97. The quantitative estimate of drug-likeness (QED) is 0.614. The van der Waals surface area contributed by atoms with Crippen LogP contribution >= 0.6 is 0 Å². The molecule has 2 fully saturated rings. The van der Waals surface area contributed by atoms with Gasteiger partial charge in [0, 0.05) is 43.5 Å². The minimum Gasteiger partial charge on any atom is -0.369 e. The van der Waals surface area contributed by atoms with E-state index >= 15 is 0 Å². The fourth-order valence-corrected chi connectivity index (χ4v) is 5.39. The van der Waals surface area contributed by atoms with Crippen LogP contribution in [0.15, 0.2) is 35.9 Å². The molecule has 4 nitrogen and oxygen atoms in total. The molecule has 2 aliphatic carbocycles. The number of nitrogens with one attached hydrogen (secondary N) is 1. The van der Waals surface area contributed by atoms with Crippen molar-refractivity contribution in [1.82, 2.24) is 10.2 Å². The summed E-state index contributed by atoms with van der Waals surface area (Å²) in [5.74, 6) is 0.852. The Bertz CT molecular complexity index is 822. The van der Waals surface area contributed by atoms with Crippen LogP contribution in [0.25, 0.3) is 0 Å². The van der Waals surface area contributed by atoms with Crippen LogP contribution in [-0.4, -0.2) is 49.6 Å². The second-order valence-electron chi connectivity index (χ2n) is 9.83. The van der Waals surface area contributed by atoms with Crippen molar-refractivity contribution < 1.29 is 18.0 Å². The lowest BCUT2D eigenvalue weighted by Gasteiger charge is -2.37. The largest absolute Gasteiger partial charge is 0.416 e. The summed E-state index contributed by atoms with van der Waals surface area (Å²) in [4.78, 5) is 16.9. The molecule has 4 rings (SSSR count). The number of carbonyl (C=O) groups excluding carboxylic acids is 1. The van der Waals surface area contributed by atoms with Gasteiger partial charge in [0.1, 0.15) is 0 Å². The molecule has 0 atom stereocenters. The van der Waals surface area contributed by atoms with Gasteiger partial charge in [-0.1, -0.05) is 12.1 Å². The highest BCUT2D eigenvalue weighted by Gasteiger charge is 2.31. The Morgan fingerprint density at radius 1 is 1.03 bits per heavy atom. The van der Waals surface area contributed by atoms with Gasteiger partial charge in [-0.15, -0.1) is 0 Å². The minimum atomic E-state index is -4.30. The summed E-state index contributed by atoms with van der Waals surface area (Å²) in [6.07, 6.45) is 7.69. The summed E-state index contributed by atoms with van der Waals surface area (Å²) in [6.45, 7) is 4.34. The molecule has 0 radical (unpaired) electrons. The third kappa shape index (κ3) is 6.75. The molecule has 1 amide bonds. The zero-order chi connectivity index (χ0) is 23.3. The summed E-state index contributed by atoms with van der Waals surface area (Å²) < 4.78 is 39.0. The van der Waals surface area contributed by atoms with Crippen molar-refractivity contribution in [2.24, 2.45) is 5.92 Å². The fraction of sp³-hybridized carbons (Fsp3) is 0.654. The second-order valence-corrected chi connectivity index (χ2v) is 9.83. The number of hydrogen-bond donors (Lipinski definition) is 1. The molecule has 1 N–H and O–H groups in total. The average Bonchev–Trinajstić information content (AvgIpc) is 2.84. The Morgan fingerprint density at radius 3 is 2.45 bits per heavy atom. The van der Waals surface area contributed by atoms with Crippen molar-refractivity contribution in [2.75, 3.05) is 37.6 Å². The zero-order valence-electron chi connectivity index (χ0n) is 19.4. The molecule has 7 heteroatoms. The maximum atomic E-state index is 13.0. The molecule has 1 aliphatic heterocycles. The van der Waals surface area contributed by atoms with E-state index in [2.05, 4.69) is 21.2 Å². The van der Waals surface area contributed by atoms with Gasteiger partial charge in [0.25, 0.3) is 0 Å². The molecule has 0 spiro atoms.